The summed E-state index contributed by atoms with van der Waals surface area (Å²) in [4.78, 5) is 12.2. The first-order valence-corrected chi connectivity index (χ1v) is 16.2. The molecule has 8 aromatic rings. The maximum absolute atomic E-state index is 5.06. The summed E-state index contributed by atoms with van der Waals surface area (Å²) in [5.41, 5.74) is 11.5. The van der Waals surface area contributed by atoms with E-state index in [0.717, 1.165) is 38.9 Å². The first-order chi connectivity index (χ1) is 22.8. The highest BCUT2D eigenvalue weighted by Crippen LogP contribution is 2.44. The van der Waals surface area contributed by atoms with Crippen LogP contribution in [0.15, 0.2) is 162 Å². The van der Waals surface area contributed by atoms with Gasteiger partial charge in [0.25, 0.3) is 0 Å². The van der Waals surface area contributed by atoms with Crippen LogP contribution < -0.4 is 0 Å². The summed E-state index contributed by atoms with van der Waals surface area (Å²) < 4.78 is 2.15. The van der Waals surface area contributed by atoms with E-state index >= 15 is 0 Å². The molecule has 0 spiro atoms. The Hall–Kier alpha value is -5.71. The van der Waals surface area contributed by atoms with Crippen LogP contribution in [-0.2, 0) is 0 Å². The van der Waals surface area contributed by atoms with Crippen molar-refractivity contribution in [2.24, 2.45) is 0 Å². The fourth-order valence-electron chi connectivity index (χ4n) is 6.58. The third kappa shape index (κ3) is 4.46. The number of fused-ring (bicyclic) bond motifs is 9. The lowest BCUT2D eigenvalue weighted by Gasteiger charge is -2.15. The van der Waals surface area contributed by atoms with Crippen LogP contribution in [0.3, 0.4) is 0 Å². The highest BCUT2D eigenvalue weighted by molar-refractivity contribution is 7.99. The lowest BCUT2D eigenvalue weighted by molar-refractivity contribution is 1.06. The van der Waals surface area contributed by atoms with Crippen molar-refractivity contribution in [1.29, 1.82) is 0 Å². The topological polar surface area (TPSA) is 30.7 Å². The van der Waals surface area contributed by atoms with E-state index in [1.807, 2.05) is 42.4 Å². The maximum atomic E-state index is 5.06. The molecule has 0 aliphatic carbocycles. The van der Waals surface area contributed by atoms with E-state index < -0.39 is 0 Å². The molecular formula is C42H27N3S. The van der Waals surface area contributed by atoms with Crippen LogP contribution in [0.5, 0.6) is 0 Å². The molecule has 0 radical (unpaired) electrons. The van der Waals surface area contributed by atoms with Crippen molar-refractivity contribution < 1.29 is 0 Å². The summed E-state index contributed by atoms with van der Waals surface area (Å²) in [5.74, 6) is 0.863. The first kappa shape index (κ1) is 26.7. The van der Waals surface area contributed by atoms with Crippen LogP contribution in [0.1, 0.15) is 11.1 Å². The Labute approximate surface area is 271 Å². The van der Waals surface area contributed by atoms with Crippen molar-refractivity contribution in [2.45, 2.75) is 9.79 Å². The summed E-state index contributed by atoms with van der Waals surface area (Å²) in [5, 5.41) is 2.27. The third-order valence-electron chi connectivity index (χ3n) is 8.76. The van der Waals surface area contributed by atoms with Gasteiger partial charge in [0.1, 0.15) is 11.5 Å². The highest BCUT2D eigenvalue weighted by Gasteiger charge is 2.18. The monoisotopic (exact) mass is 605 g/mol. The van der Waals surface area contributed by atoms with E-state index in [9.17, 15) is 0 Å². The molecule has 1 aliphatic rings. The molecular weight excluding hydrogens is 579 g/mol. The highest BCUT2D eigenvalue weighted by atomic mass is 32.2. The Bertz CT molecular complexity index is 2460. The summed E-state index contributed by atoms with van der Waals surface area (Å²) in [6, 6.07) is 49.7. The maximum Gasteiger partial charge on any atom is 0.146 e. The quantitative estimate of drug-likeness (QED) is 0.196. The van der Waals surface area contributed by atoms with E-state index in [1.54, 1.807) is 0 Å². The zero-order valence-electron chi connectivity index (χ0n) is 24.8. The summed E-state index contributed by atoms with van der Waals surface area (Å²) in [7, 11) is 0. The molecule has 4 heterocycles. The lowest BCUT2D eigenvalue weighted by atomic mass is 9.93. The van der Waals surface area contributed by atoms with E-state index in [4.69, 9.17) is 4.98 Å². The van der Waals surface area contributed by atoms with Crippen LogP contribution in [0.2, 0.25) is 0 Å². The van der Waals surface area contributed by atoms with E-state index in [1.165, 1.54) is 43.2 Å². The average Bonchev–Trinajstić information content (AvgIpc) is 3.44. The van der Waals surface area contributed by atoms with Gasteiger partial charge in [0, 0.05) is 38.5 Å². The van der Waals surface area contributed by atoms with Crippen LogP contribution in [0.4, 0.5) is 0 Å². The predicted octanol–water partition coefficient (Wildman–Crippen LogP) is 11.2. The number of para-hydroxylation sites is 1. The molecule has 9 rings (SSSR count). The van der Waals surface area contributed by atoms with Gasteiger partial charge in [0.15, 0.2) is 0 Å². The molecule has 0 bridgehead atoms. The molecule has 3 aromatic heterocycles. The number of benzene rings is 5. The SMILES string of the molecule is C1=Cc2ccc(-c3cnc4c(c3)c3ccccc3n4-c3ccccn3)cc2-c2ccccc2Sc2ccccc2-c2ccccc21. The van der Waals surface area contributed by atoms with E-state index in [0.29, 0.717) is 0 Å². The number of hydrogen-bond donors (Lipinski definition) is 0. The van der Waals surface area contributed by atoms with E-state index in [2.05, 4.69) is 143 Å². The minimum absolute atomic E-state index is 0.863. The number of nitrogens with zero attached hydrogens (tertiary/aromatic N) is 3. The Kier molecular flexibility index (Phi) is 6.39. The van der Waals surface area contributed by atoms with Gasteiger partial charge in [0.05, 0.1) is 5.52 Å². The number of aromatic nitrogens is 3. The van der Waals surface area contributed by atoms with Crippen molar-refractivity contribution in [3.8, 4) is 39.2 Å². The molecule has 0 N–H and O–H groups in total. The van der Waals surface area contributed by atoms with Crippen LogP contribution >= 0.6 is 11.8 Å². The second-order valence-electron chi connectivity index (χ2n) is 11.5. The zero-order chi connectivity index (χ0) is 30.5. The van der Waals surface area contributed by atoms with Crippen molar-refractivity contribution >= 4 is 45.9 Å². The molecule has 1 aliphatic heterocycles. The fourth-order valence-corrected chi connectivity index (χ4v) is 7.68. The van der Waals surface area contributed by atoms with Gasteiger partial charge >= 0.3 is 0 Å². The van der Waals surface area contributed by atoms with Crippen LogP contribution in [0.25, 0.3) is 73.3 Å². The molecule has 0 atom stereocenters. The number of pyridine rings is 2. The van der Waals surface area contributed by atoms with Crippen molar-refractivity contribution in [3.63, 3.8) is 0 Å². The van der Waals surface area contributed by atoms with Gasteiger partial charge in [-0.25, -0.2) is 9.97 Å². The van der Waals surface area contributed by atoms with Gasteiger partial charge in [-0.1, -0.05) is 121 Å². The second kappa shape index (κ2) is 11.0. The molecule has 0 saturated heterocycles. The van der Waals surface area contributed by atoms with Gasteiger partial charge in [-0.05, 0) is 81.4 Å². The Morgan fingerprint density at radius 1 is 0.478 bits per heavy atom. The molecule has 4 heteroatoms. The lowest BCUT2D eigenvalue weighted by Crippen LogP contribution is -1.97. The van der Waals surface area contributed by atoms with Gasteiger partial charge in [0.2, 0.25) is 0 Å². The molecule has 0 fully saturated rings. The minimum atomic E-state index is 0.863. The van der Waals surface area contributed by atoms with Crippen molar-refractivity contribution in [1.82, 2.24) is 14.5 Å². The number of hydrogen-bond acceptors (Lipinski definition) is 3. The Morgan fingerprint density at radius 2 is 1.15 bits per heavy atom. The largest absolute Gasteiger partial charge is 0.278 e. The third-order valence-corrected chi connectivity index (χ3v) is 9.91. The standard InChI is InChI=1S/C42H27N3S/c1-2-12-32-28(11-1)20-21-29-22-23-30(25-36(29)35-15-5-8-18-40(35)46-39-17-7-4-14-34(32)39)31-26-37-33-13-3-6-16-38(33)45(42(37)44-27-31)41-19-9-10-24-43-41/h1-27H. The molecule has 0 unspecified atom stereocenters. The smallest absolute Gasteiger partial charge is 0.146 e. The second-order valence-corrected chi connectivity index (χ2v) is 12.5. The van der Waals surface area contributed by atoms with Crippen molar-refractivity contribution in [2.75, 3.05) is 0 Å². The molecule has 46 heavy (non-hydrogen) atoms. The predicted molar refractivity (Wildman–Crippen MR) is 192 cm³/mol. The molecule has 5 aromatic carbocycles. The summed E-state index contributed by atoms with van der Waals surface area (Å²) >= 11 is 1.83. The van der Waals surface area contributed by atoms with Gasteiger partial charge in [-0.15, -0.1) is 0 Å². The van der Waals surface area contributed by atoms with E-state index in [-0.39, 0.29) is 0 Å². The summed E-state index contributed by atoms with van der Waals surface area (Å²) in [6.07, 6.45) is 8.34. The summed E-state index contributed by atoms with van der Waals surface area (Å²) in [6.45, 7) is 0. The Morgan fingerprint density at radius 3 is 1.96 bits per heavy atom. The van der Waals surface area contributed by atoms with Crippen LogP contribution in [-0.4, -0.2) is 14.5 Å². The Balaban J connectivity index is 1.24. The van der Waals surface area contributed by atoms with Crippen molar-refractivity contribution in [3.05, 3.63) is 163 Å². The molecule has 3 nitrogen and oxygen atoms in total. The minimum Gasteiger partial charge on any atom is -0.278 e. The molecule has 0 amide bonds. The number of rotatable bonds is 2. The van der Waals surface area contributed by atoms with Gasteiger partial charge in [-0.3, -0.25) is 4.57 Å². The fraction of sp³-hybridized carbons (Fsp3) is 0. The van der Waals surface area contributed by atoms with Crippen LogP contribution in [0, 0.1) is 0 Å². The van der Waals surface area contributed by atoms with Gasteiger partial charge < -0.3 is 0 Å². The zero-order valence-corrected chi connectivity index (χ0v) is 25.7. The molecule has 216 valence electrons. The average molecular weight is 606 g/mol. The first-order valence-electron chi connectivity index (χ1n) is 15.4. The molecule has 0 saturated carbocycles. The normalized spacial score (nSPS) is 12.2. The van der Waals surface area contributed by atoms with Gasteiger partial charge in [-0.2, -0.15) is 0 Å².